The van der Waals surface area contributed by atoms with Crippen molar-refractivity contribution < 1.29 is 24.3 Å². The summed E-state index contributed by atoms with van der Waals surface area (Å²) in [6, 6.07) is 0.939. The standard InChI is InChI=1S/C21H20N6O5S3/c22-6-3-7-33-8-11-9-34-19-15(18(29)27(19)16(11)20(30)31)25-17(28)14(13-10-35-21(23)24-13)26-32-12-4-1-2-5-12/h1,3-4,7,10,12,15,19H,2,5,8-9H2,(H2,23,24)(H,25,28)(H,30,31)/b7-3-,26-14?/t12?,15?,19-/m0/s1. The third-order valence-electron chi connectivity index (χ3n) is 5.26. The minimum atomic E-state index is -1.22. The molecule has 3 aliphatic rings. The molecular formula is C21H20N6O5S3. The lowest BCUT2D eigenvalue weighted by molar-refractivity contribution is -0.150. The monoisotopic (exact) mass is 532 g/mol. The minimum Gasteiger partial charge on any atom is -0.477 e. The first-order chi connectivity index (χ1) is 16.9. The maximum absolute atomic E-state index is 13.1. The maximum Gasteiger partial charge on any atom is 0.352 e. The van der Waals surface area contributed by atoms with Crippen LogP contribution in [0.25, 0.3) is 0 Å². The molecule has 4 rings (SSSR count). The average Bonchev–Trinajstić information content (AvgIpc) is 3.51. The van der Waals surface area contributed by atoms with Gasteiger partial charge in [-0.25, -0.2) is 9.78 Å². The highest BCUT2D eigenvalue weighted by atomic mass is 32.2. The zero-order valence-electron chi connectivity index (χ0n) is 18.1. The summed E-state index contributed by atoms with van der Waals surface area (Å²) in [4.78, 5) is 48.8. The van der Waals surface area contributed by atoms with Crippen molar-refractivity contribution in [3.8, 4) is 6.07 Å². The summed E-state index contributed by atoms with van der Waals surface area (Å²) in [5.41, 5.74) is 6.32. The van der Waals surface area contributed by atoms with Gasteiger partial charge in [-0.3, -0.25) is 14.5 Å². The predicted octanol–water partition coefficient (Wildman–Crippen LogP) is 1.67. The van der Waals surface area contributed by atoms with E-state index in [1.165, 1.54) is 34.5 Å². The Balaban J connectivity index is 1.49. The number of carbonyl (C=O) groups is 3. The fourth-order valence-corrected chi connectivity index (χ4v) is 6.36. The van der Waals surface area contributed by atoms with Crippen molar-refractivity contribution in [2.75, 3.05) is 17.2 Å². The van der Waals surface area contributed by atoms with Crippen LogP contribution >= 0.6 is 34.9 Å². The van der Waals surface area contributed by atoms with Gasteiger partial charge < -0.3 is 21.0 Å². The number of β-lactam (4-membered cyclic amide) rings is 1. The fraction of sp³-hybridized carbons (Fsp3) is 0.333. The Bertz CT molecular complexity index is 1200. The number of rotatable bonds is 9. The number of hydrogen-bond donors (Lipinski definition) is 3. The molecule has 1 fully saturated rings. The second-order valence-electron chi connectivity index (χ2n) is 7.52. The van der Waals surface area contributed by atoms with Gasteiger partial charge >= 0.3 is 5.97 Å². The van der Waals surface area contributed by atoms with Crippen molar-refractivity contribution >= 4 is 63.5 Å². The van der Waals surface area contributed by atoms with E-state index in [9.17, 15) is 19.5 Å². The fourth-order valence-electron chi connectivity index (χ4n) is 3.65. The number of allylic oxidation sites excluding steroid dienone is 2. The van der Waals surface area contributed by atoms with Gasteiger partial charge in [-0.1, -0.05) is 11.2 Å². The zero-order valence-corrected chi connectivity index (χ0v) is 20.6. The molecule has 2 amide bonds. The number of carboxylic acid groups (broad SMARTS) is 1. The minimum absolute atomic E-state index is 0.0837. The third kappa shape index (κ3) is 5.37. The van der Waals surface area contributed by atoms with Gasteiger partial charge in [0.15, 0.2) is 10.8 Å². The van der Waals surface area contributed by atoms with Crippen LogP contribution in [0.2, 0.25) is 0 Å². The number of nitrogens with zero attached hydrogens (tertiary/aromatic N) is 4. The molecule has 0 bridgehead atoms. The largest absolute Gasteiger partial charge is 0.477 e. The Morgan fingerprint density at radius 3 is 3.00 bits per heavy atom. The van der Waals surface area contributed by atoms with E-state index in [4.69, 9.17) is 15.8 Å². The van der Waals surface area contributed by atoms with Crippen LogP contribution in [-0.2, 0) is 19.2 Å². The molecule has 1 aromatic rings. The van der Waals surface area contributed by atoms with Crippen molar-refractivity contribution in [1.82, 2.24) is 15.2 Å². The highest BCUT2D eigenvalue weighted by molar-refractivity contribution is 8.02. The smallest absolute Gasteiger partial charge is 0.352 e. The van der Waals surface area contributed by atoms with Gasteiger partial charge in [0.05, 0.1) is 6.07 Å². The van der Waals surface area contributed by atoms with Crippen LogP contribution in [0.15, 0.2) is 45.4 Å². The first kappa shape index (κ1) is 24.8. The number of carbonyl (C=O) groups excluding carboxylic acids is 2. The number of hydrogen-bond acceptors (Lipinski definition) is 11. The van der Waals surface area contributed by atoms with Crippen molar-refractivity contribution in [3.63, 3.8) is 0 Å². The first-order valence-electron chi connectivity index (χ1n) is 10.4. The van der Waals surface area contributed by atoms with Crippen molar-refractivity contribution in [2.45, 2.75) is 30.4 Å². The van der Waals surface area contributed by atoms with E-state index in [0.29, 0.717) is 17.1 Å². The Kier molecular flexibility index (Phi) is 7.79. The second kappa shape index (κ2) is 11.0. The Hall–Kier alpha value is -3.28. The number of thioether (sulfide) groups is 2. The molecule has 1 saturated heterocycles. The van der Waals surface area contributed by atoms with Crippen molar-refractivity contribution in [1.29, 1.82) is 5.26 Å². The summed E-state index contributed by atoms with van der Waals surface area (Å²) in [5.74, 6) is -1.71. The number of nitrogens with two attached hydrogens (primary N) is 1. The molecule has 0 saturated carbocycles. The maximum atomic E-state index is 13.1. The summed E-state index contributed by atoms with van der Waals surface area (Å²) >= 11 is 3.77. The number of amides is 2. The topological polar surface area (TPSA) is 171 Å². The Morgan fingerprint density at radius 2 is 2.34 bits per heavy atom. The highest BCUT2D eigenvalue weighted by Gasteiger charge is 2.54. The number of oxime groups is 1. The molecule has 1 aliphatic carbocycles. The zero-order chi connectivity index (χ0) is 24.9. The molecule has 0 aromatic carbocycles. The normalized spacial score (nSPS) is 23.7. The number of thiazole rings is 1. The highest BCUT2D eigenvalue weighted by Crippen LogP contribution is 2.41. The summed E-state index contributed by atoms with van der Waals surface area (Å²) < 4.78 is 0. The molecule has 2 unspecified atom stereocenters. The van der Waals surface area contributed by atoms with E-state index < -0.39 is 29.2 Å². The molecule has 3 heterocycles. The lowest BCUT2D eigenvalue weighted by Gasteiger charge is -2.49. The molecule has 0 radical (unpaired) electrons. The van der Waals surface area contributed by atoms with Gasteiger partial charge in [-0.15, -0.1) is 34.9 Å². The number of nitrogens with one attached hydrogen (secondary N) is 1. The van der Waals surface area contributed by atoms with Crippen LogP contribution in [0.3, 0.4) is 0 Å². The van der Waals surface area contributed by atoms with Crippen molar-refractivity contribution in [3.05, 3.63) is 46.0 Å². The molecular weight excluding hydrogens is 512 g/mol. The number of carboxylic acids is 1. The van der Waals surface area contributed by atoms with Gasteiger partial charge in [0.2, 0.25) is 0 Å². The van der Waals surface area contributed by atoms with Gasteiger partial charge in [0.25, 0.3) is 11.8 Å². The number of aliphatic carboxylic acids is 1. The SMILES string of the molecule is N#C/C=C\SCC1=C(C(=O)O)N2C(=O)C(NC(=O)C(=NOC3C=CCC3)c3csc(N)n3)[C@@H]2SC1. The molecule has 35 heavy (non-hydrogen) atoms. The molecule has 182 valence electrons. The van der Waals surface area contributed by atoms with E-state index in [2.05, 4.69) is 15.5 Å². The Labute approximate surface area is 212 Å². The quantitative estimate of drug-likeness (QED) is 0.140. The van der Waals surface area contributed by atoms with E-state index in [-0.39, 0.29) is 28.3 Å². The van der Waals surface area contributed by atoms with E-state index in [1.54, 1.807) is 10.8 Å². The number of aromatic nitrogens is 1. The molecule has 1 aromatic heterocycles. The second-order valence-corrected chi connectivity index (χ2v) is 10.4. The van der Waals surface area contributed by atoms with E-state index >= 15 is 0 Å². The summed E-state index contributed by atoms with van der Waals surface area (Å²) in [7, 11) is 0. The summed E-state index contributed by atoms with van der Waals surface area (Å²) in [5, 5.41) is 27.8. The van der Waals surface area contributed by atoms with E-state index in [1.807, 2.05) is 18.2 Å². The van der Waals surface area contributed by atoms with Crippen molar-refractivity contribution in [2.24, 2.45) is 5.16 Å². The van der Waals surface area contributed by atoms with Gasteiger partial charge in [0.1, 0.15) is 28.9 Å². The third-order valence-corrected chi connectivity index (χ3v) is 8.12. The van der Waals surface area contributed by atoms with Gasteiger partial charge in [-0.05, 0) is 29.9 Å². The van der Waals surface area contributed by atoms with Crippen LogP contribution < -0.4 is 11.1 Å². The number of anilines is 1. The van der Waals surface area contributed by atoms with Crippen LogP contribution in [0.5, 0.6) is 0 Å². The molecule has 11 nitrogen and oxygen atoms in total. The number of nitrogen functional groups attached to an aromatic ring is 1. The summed E-state index contributed by atoms with van der Waals surface area (Å²) in [6.45, 7) is 0. The molecule has 14 heteroatoms. The number of fused-ring (bicyclic) bond motifs is 1. The van der Waals surface area contributed by atoms with E-state index in [0.717, 1.165) is 24.2 Å². The lowest BCUT2D eigenvalue weighted by atomic mass is 10.0. The van der Waals surface area contributed by atoms with Crippen LogP contribution in [0.1, 0.15) is 18.5 Å². The molecule has 2 aliphatic heterocycles. The van der Waals surface area contributed by atoms with Crippen LogP contribution in [-0.4, -0.2) is 67.5 Å². The average molecular weight is 533 g/mol. The molecule has 4 N–H and O–H groups in total. The first-order valence-corrected chi connectivity index (χ1v) is 13.4. The van der Waals surface area contributed by atoms with Gasteiger partial charge in [0, 0.05) is 23.0 Å². The predicted molar refractivity (Wildman–Crippen MR) is 133 cm³/mol. The molecule has 3 atom stereocenters. The van der Waals surface area contributed by atoms with Gasteiger partial charge in [-0.2, -0.15) is 5.26 Å². The lowest BCUT2D eigenvalue weighted by Crippen LogP contribution is -2.71. The Morgan fingerprint density at radius 1 is 1.51 bits per heavy atom. The number of nitriles is 1. The van der Waals surface area contributed by atoms with Crippen LogP contribution in [0.4, 0.5) is 5.13 Å². The van der Waals surface area contributed by atoms with Crippen LogP contribution in [0, 0.1) is 11.3 Å². The summed E-state index contributed by atoms with van der Waals surface area (Å²) in [6.07, 6.45) is 6.45. The molecule has 0 spiro atoms.